The highest BCUT2D eigenvalue weighted by Gasteiger charge is 2.22. The van der Waals surface area contributed by atoms with Gasteiger partial charge in [0.2, 0.25) is 5.91 Å². The zero-order valence-electron chi connectivity index (χ0n) is 15.8. The van der Waals surface area contributed by atoms with E-state index in [4.69, 9.17) is 5.73 Å². The summed E-state index contributed by atoms with van der Waals surface area (Å²) in [5.74, 6) is -0.609. The molecule has 1 atom stereocenters. The van der Waals surface area contributed by atoms with Gasteiger partial charge in [-0.3, -0.25) is 9.69 Å². The summed E-state index contributed by atoms with van der Waals surface area (Å²) in [6.45, 7) is 1.14. The molecule has 144 valence electrons. The molecule has 0 aliphatic carbocycles. The normalized spacial score (nSPS) is 12.0. The average molecular weight is 377 g/mol. The van der Waals surface area contributed by atoms with E-state index in [0.29, 0.717) is 13.1 Å². The molecule has 4 nitrogen and oxygen atoms in total. The van der Waals surface area contributed by atoms with Crippen molar-refractivity contribution < 1.29 is 9.18 Å². The van der Waals surface area contributed by atoms with E-state index in [-0.39, 0.29) is 11.7 Å². The Hall–Kier alpha value is -3.18. The second-order valence-corrected chi connectivity index (χ2v) is 6.81. The molecule has 0 saturated carbocycles. The van der Waals surface area contributed by atoms with Gasteiger partial charge in [0.15, 0.2) is 0 Å². The third-order valence-electron chi connectivity index (χ3n) is 4.60. The van der Waals surface area contributed by atoms with E-state index in [0.717, 1.165) is 22.4 Å². The molecule has 3 aromatic carbocycles. The molecule has 0 aromatic heterocycles. The summed E-state index contributed by atoms with van der Waals surface area (Å²) in [5.41, 5.74) is 9.42. The number of nitrogens with zero attached hydrogens (tertiary/aromatic N) is 1. The van der Waals surface area contributed by atoms with Crippen LogP contribution in [0.1, 0.15) is 22.7 Å². The van der Waals surface area contributed by atoms with E-state index in [1.807, 2.05) is 72.6 Å². The van der Waals surface area contributed by atoms with Crippen LogP contribution in [-0.4, -0.2) is 17.9 Å². The summed E-state index contributed by atoms with van der Waals surface area (Å²) >= 11 is 0. The summed E-state index contributed by atoms with van der Waals surface area (Å²) in [6.07, 6.45) is 0. The van der Waals surface area contributed by atoms with Gasteiger partial charge in [0.1, 0.15) is 11.9 Å². The lowest BCUT2D eigenvalue weighted by Crippen LogP contribution is -2.34. The molecule has 1 amide bonds. The second kappa shape index (κ2) is 9.15. The van der Waals surface area contributed by atoms with Gasteiger partial charge in [-0.2, -0.15) is 0 Å². The van der Waals surface area contributed by atoms with Crippen LogP contribution < -0.4 is 11.1 Å². The van der Waals surface area contributed by atoms with Crippen molar-refractivity contribution in [3.63, 3.8) is 0 Å². The van der Waals surface area contributed by atoms with Crippen molar-refractivity contribution in [3.05, 3.63) is 101 Å². The Morgan fingerprint density at radius 2 is 1.71 bits per heavy atom. The molecule has 28 heavy (non-hydrogen) atoms. The Bertz CT molecular complexity index is 913. The van der Waals surface area contributed by atoms with E-state index in [1.54, 1.807) is 6.07 Å². The van der Waals surface area contributed by atoms with Gasteiger partial charge in [-0.25, -0.2) is 4.39 Å². The number of benzene rings is 3. The first-order valence-corrected chi connectivity index (χ1v) is 9.14. The number of primary amides is 1. The lowest BCUT2D eigenvalue weighted by Gasteiger charge is -2.26. The molecule has 5 heteroatoms. The number of hydrogen-bond acceptors (Lipinski definition) is 3. The molecule has 0 aliphatic rings. The molecule has 0 heterocycles. The van der Waals surface area contributed by atoms with Crippen molar-refractivity contribution in [2.75, 3.05) is 12.4 Å². The highest BCUT2D eigenvalue weighted by molar-refractivity contribution is 5.81. The first-order valence-electron chi connectivity index (χ1n) is 9.14. The third-order valence-corrected chi connectivity index (χ3v) is 4.60. The summed E-state index contributed by atoms with van der Waals surface area (Å²) in [5, 5.41) is 3.28. The van der Waals surface area contributed by atoms with Gasteiger partial charge in [0.25, 0.3) is 0 Å². The third kappa shape index (κ3) is 5.18. The maximum atomic E-state index is 13.2. The predicted octanol–water partition coefficient (Wildman–Crippen LogP) is 4.10. The number of carbonyl (C=O) groups excluding carboxylic acids is 1. The van der Waals surface area contributed by atoms with Crippen molar-refractivity contribution in [3.8, 4) is 0 Å². The Labute approximate surface area is 164 Å². The zero-order valence-corrected chi connectivity index (χ0v) is 15.8. The highest BCUT2D eigenvalue weighted by atomic mass is 19.1. The van der Waals surface area contributed by atoms with Crippen molar-refractivity contribution in [1.82, 2.24) is 4.90 Å². The Morgan fingerprint density at radius 1 is 1.00 bits per heavy atom. The summed E-state index contributed by atoms with van der Waals surface area (Å²) in [4.78, 5) is 13.9. The van der Waals surface area contributed by atoms with Crippen molar-refractivity contribution in [2.45, 2.75) is 19.1 Å². The van der Waals surface area contributed by atoms with Gasteiger partial charge in [-0.15, -0.1) is 0 Å². The molecule has 3 rings (SSSR count). The van der Waals surface area contributed by atoms with Crippen LogP contribution in [0.2, 0.25) is 0 Å². The second-order valence-electron chi connectivity index (χ2n) is 6.81. The van der Waals surface area contributed by atoms with Crippen LogP contribution >= 0.6 is 0 Å². The van der Waals surface area contributed by atoms with E-state index < -0.39 is 6.04 Å². The van der Waals surface area contributed by atoms with Crippen molar-refractivity contribution in [2.24, 2.45) is 5.73 Å². The van der Waals surface area contributed by atoms with Crippen LogP contribution in [0.3, 0.4) is 0 Å². The molecule has 3 N–H and O–H groups in total. The maximum absolute atomic E-state index is 13.2. The summed E-state index contributed by atoms with van der Waals surface area (Å²) in [6, 6.07) is 23.6. The smallest absolute Gasteiger partial charge is 0.239 e. The SMILES string of the molecule is CN(Cc1ccc(NCc2cccc(F)c2)cc1)C(C(N)=O)c1ccccc1. The lowest BCUT2D eigenvalue weighted by atomic mass is 10.0. The van der Waals surface area contributed by atoms with Gasteiger partial charge < -0.3 is 11.1 Å². The minimum absolute atomic E-state index is 0.236. The quantitative estimate of drug-likeness (QED) is 0.621. The molecule has 0 bridgehead atoms. The monoisotopic (exact) mass is 377 g/mol. The fourth-order valence-electron chi connectivity index (χ4n) is 3.23. The van der Waals surface area contributed by atoms with Crippen LogP contribution in [0.25, 0.3) is 0 Å². The summed E-state index contributed by atoms with van der Waals surface area (Å²) in [7, 11) is 1.89. The number of anilines is 1. The zero-order chi connectivity index (χ0) is 19.9. The van der Waals surface area contributed by atoms with Gasteiger partial charge in [0.05, 0.1) is 0 Å². The molecule has 1 unspecified atom stereocenters. The van der Waals surface area contributed by atoms with Crippen molar-refractivity contribution >= 4 is 11.6 Å². The first kappa shape index (κ1) is 19.6. The minimum atomic E-state index is -0.480. The highest BCUT2D eigenvalue weighted by Crippen LogP contribution is 2.21. The predicted molar refractivity (Wildman–Crippen MR) is 110 cm³/mol. The van der Waals surface area contributed by atoms with E-state index in [1.165, 1.54) is 12.1 Å². The Morgan fingerprint density at radius 3 is 2.36 bits per heavy atom. The lowest BCUT2D eigenvalue weighted by molar-refractivity contribution is -0.123. The van der Waals surface area contributed by atoms with E-state index >= 15 is 0 Å². The molecule has 0 aliphatic heterocycles. The number of hydrogen-bond donors (Lipinski definition) is 2. The van der Waals surface area contributed by atoms with Gasteiger partial charge in [0, 0.05) is 18.8 Å². The number of rotatable bonds is 8. The molecule has 0 saturated heterocycles. The van der Waals surface area contributed by atoms with Crippen LogP contribution in [-0.2, 0) is 17.9 Å². The number of nitrogens with two attached hydrogens (primary N) is 1. The topological polar surface area (TPSA) is 58.4 Å². The van der Waals surface area contributed by atoms with Crippen molar-refractivity contribution in [1.29, 1.82) is 0 Å². The molecule has 3 aromatic rings. The molecule has 0 radical (unpaired) electrons. The maximum Gasteiger partial charge on any atom is 0.239 e. The summed E-state index contributed by atoms with van der Waals surface area (Å²) < 4.78 is 13.2. The fourth-order valence-corrected chi connectivity index (χ4v) is 3.23. The largest absolute Gasteiger partial charge is 0.381 e. The molecule has 0 fully saturated rings. The van der Waals surface area contributed by atoms with Crippen LogP contribution in [0.15, 0.2) is 78.9 Å². The number of amides is 1. The Kier molecular flexibility index (Phi) is 6.40. The molecule has 0 spiro atoms. The molecular formula is C23H24FN3O. The number of nitrogens with one attached hydrogen (secondary N) is 1. The van der Waals surface area contributed by atoms with Gasteiger partial charge in [-0.05, 0) is 48.0 Å². The molecular weight excluding hydrogens is 353 g/mol. The number of likely N-dealkylation sites (N-methyl/N-ethyl adjacent to an activating group) is 1. The first-order chi connectivity index (χ1) is 13.5. The van der Waals surface area contributed by atoms with E-state index in [2.05, 4.69) is 5.32 Å². The van der Waals surface area contributed by atoms with E-state index in [9.17, 15) is 9.18 Å². The van der Waals surface area contributed by atoms with Crippen LogP contribution in [0, 0.1) is 5.82 Å². The Balaban J connectivity index is 1.62. The van der Waals surface area contributed by atoms with Crippen LogP contribution in [0.4, 0.5) is 10.1 Å². The average Bonchev–Trinajstić information content (AvgIpc) is 2.68. The van der Waals surface area contributed by atoms with Gasteiger partial charge >= 0.3 is 0 Å². The fraction of sp³-hybridized carbons (Fsp3) is 0.174. The number of carbonyl (C=O) groups is 1. The van der Waals surface area contributed by atoms with Gasteiger partial charge in [-0.1, -0.05) is 54.6 Å². The van der Waals surface area contributed by atoms with Crippen LogP contribution in [0.5, 0.6) is 0 Å². The number of halogens is 1. The standard InChI is InChI=1S/C23H24FN3O/c1-27(22(23(25)28)19-7-3-2-4-8-19)16-17-10-12-21(13-11-17)26-15-18-6-5-9-20(24)14-18/h2-14,22,26H,15-16H2,1H3,(H2,25,28). The minimum Gasteiger partial charge on any atom is -0.381 e.